The van der Waals surface area contributed by atoms with E-state index in [0.29, 0.717) is 30.2 Å². The predicted octanol–water partition coefficient (Wildman–Crippen LogP) is 3.46. The topological polar surface area (TPSA) is 82.4 Å². The normalized spacial score (nSPS) is 23.5. The number of aromatic nitrogens is 4. The molecule has 162 valence electrons. The van der Waals surface area contributed by atoms with Crippen molar-refractivity contribution in [2.75, 3.05) is 19.7 Å². The standard InChI is InChI=1S/C22H31N5O3/c1-14-10-23-26(5)20(14)18-6-7-19(25-24-18)29-13-15-8-16-11-27(12-17(16)9-15)21(28)30-22(2,3)4/h6-7,10,15-17H,8-9,11-13H2,1-5H3/t15?,16-,17+. The number of ether oxygens (including phenoxy) is 2. The van der Waals surface area contributed by atoms with E-state index >= 15 is 0 Å². The molecule has 4 rings (SSSR count). The lowest BCUT2D eigenvalue weighted by Gasteiger charge is -2.25. The molecule has 3 atom stereocenters. The first-order valence-electron chi connectivity index (χ1n) is 10.6. The number of likely N-dealkylation sites (tertiary alicyclic amines) is 1. The van der Waals surface area contributed by atoms with Gasteiger partial charge in [0.25, 0.3) is 0 Å². The number of hydrogen-bond donors (Lipinski definition) is 0. The summed E-state index contributed by atoms with van der Waals surface area (Å²) in [7, 11) is 1.90. The Hall–Kier alpha value is -2.64. The van der Waals surface area contributed by atoms with E-state index in [2.05, 4.69) is 15.3 Å². The summed E-state index contributed by atoms with van der Waals surface area (Å²) in [5, 5.41) is 12.8. The fourth-order valence-electron chi connectivity index (χ4n) is 4.68. The molecule has 1 saturated heterocycles. The molecule has 30 heavy (non-hydrogen) atoms. The van der Waals surface area contributed by atoms with Gasteiger partial charge in [0.2, 0.25) is 5.88 Å². The van der Waals surface area contributed by atoms with E-state index in [1.807, 2.05) is 58.0 Å². The fraction of sp³-hybridized carbons (Fsp3) is 0.636. The van der Waals surface area contributed by atoms with E-state index in [1.54, 1.807) is 4.68 Å². The van der Waals surface area contributed by atoms with Crippen molar-refractivity contribution in [2.45, 2.75) is 46.1 Å². The SMILES string of the molecule is Cc1cnn(C)c1-c1ccc(OCC2C[C@@H]3CN(C(=O)OC(C)(C)C)C[C@@H]3C2)nn1. The van der Waals surface area contributed by atoms with Crippen LogP contribution in [0.1, 0.15) is 39.2 Å². The summed E-state index contributed by atoms with van der Waals surface area (Å²) < 4.78 is 13.2. The Labute approximate surface area is 177 Å². The smallest absolute Gasteiger partial charge is 0.410 e. The zero-order valence-corrected chi connectivity index (χ0v) is 18.5. The maximum atomic E-state index is 12.3. The minimum atomic E-state index is -0.447. The van der Waals surface area contributed by atoms with E-state index in [0.717, 1.165) is 42.9 Å². The highest BCUT2D eigenvalue weighted by Gasteiger charge is 2.43. The van der Waals surface area contributed by atoms with Crippen LogP contribution in [0.4, 0.5) is 4.79 Å². The van der Waals surface area contributed by atoms with Crippen LogP contribution < -0.4 is 4.74 Å². The van der Waals surface area contributed by atoms with Gasteiger partial charge in [0.05, 0.1) is 18.5 Å². The molecule has 0 spiro atoms. The Morgan fingerprint density at radius 1 is 1.17 bits per heavy atom. The van der Waals surface area contributed by atoms with Gasteiger partial charge in [0.15, 0.2) is 0 Å². The zero-order chi connectivity index (χ0) is 21.5. The molecule has 0 radical (unpaired) electrons. The molecule has 0 aromatic carbocycles. The third-order valence-corrected chi connectivity index (χ3v) is 5.97. The van der Waals surface area contributed by atoms with Crippen molar-refractivity contribution in [3.8, 4) is 17.3 Å². The van der Waals surface area contributed by atoms with E-state index in [1.165, 1.54) is 0 Å². The average Bonchev–Trinajstić information content (AvgIpc) is 3.32. The third kappa shape index (κ3) is 4.42. The molecule has 2 fully saturated rings. The lowest BCUT2D eigenvalue weighted by molar-refractivity contribution is 0.0276. The molecule has 1 unspecified atom stereocenters. The molecule has 1 saturated carbocycles. The quantitative estimate of drug-likeness (QED) is 0.763. The number of nitrogens with zero attached hydrogens (tertiary/aromatic N) is 5. The van der Waals surface area contributed by atoms with Crippen molar-refractivity contribution >= 4 is 6.09 Å². The number of aryl methyl sites for hydroxylation is 2. The van der Waals surface area contributed by atoms with Gasteiger partial charge >= 0.3 is 6.09 Å². The molecule has 2 aromatic rings. The number of hydrogen-bond acceptors (Lipinski definition) is 6. The predicted molar refractivity (Wildman–Crippen MR) is 112 cm³/mol. The number of carbonyl (C=O) groups excluding carboxylic acids is 1. The molecule has 1 aliphatic heterocycles. The zero-order valence-electron chi connectivity index (χ0n) is 18.5. The van der Waals surface area contributed by atoms with E-state index in [4.69, 9.17) is 9.47 Å². The summed E-state index contributed by atoms with van der Waals surface area (Å²) >= 11 is 0. The molecule has 8 heteroatoms. The second-order valence-electron chi connectivity index (χ2n) is 9.61. The molecule has 2 aliphatic rings. The molecule has 2 aromatic heterocycles. The number of rotatable bonds is 4. The van der Waals surface area contributed by atoms with Crippen LogP contribution in [0.15, 0.2) is 18.3 Å². The Balaban J connectivity index is 1.26. The van der Waals surface area contributed by atoms with Crippen molar-refractivity contribution in [2.24, 2.45) is 24.8 Å². The van der Waals surface area contributed by atoms with Crippen molar-refractivity contribution in [3.63, 3.8) is 0 Å². The number of amides is 1. The van der Waals surface area contributed by atoms with Crippen LogP contribution in [0.2, 0.25) is 0 Å². The minimum Gasteiger partial charge on any atom is -0.476 e. The highest BCUT2D eigenvalue weighted by molar-refractivity contribution is 5.68. The van der Waals surface area contributed by atoms with E-state index < -0.39 is 5.60 Å². The first-order chi connectivity index (χ1) is 14.2. The maximum absolute atomic E-state index is 12.3. The van der Waals surface area contributed by atoms with Crippen LogP contribution in [-0.4, -0.2) is 56.3 Å². The van der Waals surface area contributed by atoms with E-state index in [-0.39, 0.29) is 6.09 Å². The molecule has 0 N–H and O–H groups in total. The summed E-state index contributed by atoms with van der Waals surface area (Å²) in [6, 6.07) is 3.79. The molecular formula is C22H31N5O3. The van der Waals surface area contributed by atoms with Crippen molar-refractivity contribution in [3.05, 3.63) is 23.9 Å². The minimum absolute atomic E-state index is 0.191. The summed E-state index contributed by atoms with van der Waals surface area (Å²) in [6.45, 7) is 9.93. The Bertz CT molecular complexity index is 869. The highest BCUT2D eigenvalue weighted by atomic mass is 16.6. The van der Waals surface area contributed by atoms with Gasteiger partial charge in [-0.2, -0.15) is 5.10 Å². The molecule has 8 nitrogen and oxygen atoms in total. The molecule has 1 aliphatic carbocycles. The van der Waals surface area contributed by atoms with Gasteiger partial charge in [0, 0.05) is 26.2 Å². The highest BCUT2D eigenvalue weighted by Crippen LogP contribution is 2.42. The second kappa shape index (κ2) is 7.89. The lowest BCUT2D eigenvalue weighted by atomic mass is 10.0. The van der Waals surface area contributed by atoms with E-state index in [9.17, 15) is 4.79 Å². The van der Waals surface area contributed by atoms with Gasteiger partial charge in [0.1, 0.15) is 11.3 Å². The van der Waals surface area contributed by atoms with Crippen LogP contribution in [0.3, 0.4) is 0 Å². The van der Waals surface area contributed by atoms with Crippen LogP contribution in [-0.2, 0) is 11.8 Å². The van der Waals surface area contributed by atoms with Crippen molar-refractivity contribution in [1.82, 2.24) is 24.9 Å². The summed E-state index contributed by atoms with van der Waals surface area (Å²) in [5.41, 5.74) is 2.38. The Kier molecular flexibility index (Phi) is 5.42. The molecular weight excluding hydrogens is 382 g/mol. The number of carbonyl (C=O) groups is 1. The molecule has 3 heterocycles. The number of fused-ring (bicyclic) bond motifs is 1. The van der Waals surface area contributed by atoms with Crippen LogP contribution in [0.25, 0.3) is 11.4 Å². The van der Waals surface area contributed by atoms with Gasteiger partial charge in [-0.05, 0) is 69.9 Å². The monoisotopic (exact) mass is 413 g/mol. The van der Waals surface area contributed by atoms with Crippen molar-refractivity contribution in [1.29, 1.82) is 0 Å². The van der Waals surface area contributed by atoms with Gasteiger partial charge in [-0.1, -0.05) is 0 Å². The van der Waals surface area contributed by atoms with Crippen molar-refractivity contribution < 1.29 is 14.3 Å². The summed E-state index contributed by atoms with van der Waals surface area (Å²) in [4.78, 5) is 14.2. The van der Waals surface area contributed by atoms with Gasteiger partial charge in [-0.25, -0.2) is 4.79 Å². The Morgan fingerprint density at radius 2 is 1.87 bits per heavy atom. The van der Waals surface area contributed by atoms with Crippen LogP contribution in [0, 0.1) is 24.7 Å². The van der Waals surface area contributed by atoms with Crippen LogP contribution in [0.5, 0.6) is 5.88 Å². The average molecular weight is 414 g/mol. The van der Waals surface area contributed by atoms with Crippen LogP contribution >= 0.6 is 0 Å². The lowest BCUT2D eigenvalue weighted by Crippen LogP contribution is -2.36. The summed E-state index contributed by atoms with van der Waals surface area (Å²) in [6.07, 6.45) is 3.78. The molecule has 1 amide bonds. The first-order valence-corrected chi connectivity index (χ1v) is 10.6. The Morgan fingerprint density at radius 3 is 2.40 bits per heavy atom. The van der Waals surface area contributed by atoms with Gasteiger partial charge in [-0.3, -0.25) is 4.68 Å². The first kappa shape index (κ1) is 20.6. The van der Waals surface area contributed by atoms with Gasteiger partial charge in [-0.15, -0.1) is 10.2 Å². The third-order valence-electron chi connectivity index (χ3n) is 5.97. The van der Waals surface area contributed by atoms with Gasteiger partial charge < -0.3 is 14.4 Å². The second-order valence-corrected chi connectivity index (χ2v) is 9.61. The fourth-order valence-corrected chi connectivity index (χ4v) is 4.68. The largest absolute Gasteiger partial charge is 0.476 e. The summed E-state index contributed by atoms with van der Waals surface area (Å²) in [5.74, 6) is 2.10. The molecule has 0 bridgehead atoms. The maximum Gasteiger partial charge on any atom is 0.410 e.